The number of nitrogens with one attached hydrogen (secondary N) is 1. The average molecular weight is 266 g/mol. The first-order valence-corrected chi connectivity index (χ1v) is 6.55. The molecule has 0 atom stereocenters. The van der Waals surface area contributed by atoms with E-state index in [1.165, 1.54) is 5.56 Å². The molecule has 3 heteroatoms. The number of hydrazone groups is 1. The Morgan fingerprint density at radius 1 is 1.05 bits per heavy atom. The van der Waals surface area contributed by atoms with Gasteiger partial charge in [-0.3, -0.25) is 4.79 Å². The summed E-state index contributed by atoms with van der Waals surface area (Å²) in [5, 5.41) is 4.19. The number of carbonyl (C=O) groups excluding carboxylic acids is 1. The van der Waals surface area contributed by atoms with Crippen molar-refractivity contribution in [1.82, 2.24) is 5.43 Å². The fraction of sp³-hybridized carbons (Fsp3) is 0.176. The van der Waals surface area contributed by atoms with Crippen LogP contribution in [0.5, 0.6) is 0 Å². The van der Waals surface area contributed by atoms with E-state index in [0.29, 0.717) is 5.56 Å². The number of rotatable bonds is 3. The molecule has 0 saturated carbocycles. The molecule has 2 aromatic carbocycles. The van der Waals surface area contributed by atoms with E-state index in [9.17, 15) is 4.79 Å². The minimum absolute atomic E-state index is 0.199. The summed E-state index contributed by atoms with van der Waals surface area (Å²) in [7, 11) is 0. The van der Waals surface area contributed by atoms with Gasteiger partial charge in [-0.25, -0.2) is 5.43 Å². The highest BCUT2D eigenvalue weighted by atomic mass is 16.2. The molecule has 0 aliphatic rings. The maximum Gasteiger partial charge on any atom is 0.271 e. The smallest absolute Gasteiger partial charge is 0.267 e. The van der Waals surface area contributed by atoms with Crippen molar-refractivity contribution in [2.24, 2.45) is 5.10 Å². The topological polar surface area (TPSA) is 41.5 Å². The molecule has 102 valence electrons. The van der Waals surface area contributed by atoms with E-state index in [4.69, 9.17) is 0 Å². The minimum Gasteiger partial charge on any atom is -0.267 e. The van der Waals surface area contributed by atoms with Crippen LogP contribution in [0, 0.1) is 13.8 Å². The van der Waals surface area contributed by atoms with Crippen molar-refractivity contribution in [1.29, 1.82) is 0 Å². The number of benzene rings is 2. The number of carbonyl (C=O) groups is 1. The van der Waals surface area contributed by atoms with Gasteiger partial charge >= 0.3 is 0 Å². The van der Waals surface area contributed by atoms with Crippen LogP contribution in [0.2, 0.25) is 0 Å². The third-order valence-corrected chi connectivity index (χ3v) is 3.14. The summed E-state index contributed by atoms with van der Waals surface area (Å²) in [5.41, 5.74) is 7.37. The van der Waals surface area contributed by atoms with E-state index in [1.54, 1.807) is 12.1 Å². The molecule has 2 rings (SSSR count). The maximum absolute atomic E-state index is 11.9. The molecule has 0 aliphatic carbocycles. The monoisotopic (exact) mass is 266 g/mol. The molecule has 0 radical (unpaired) electrons. The summed E-state index contributed by atoms with van der Waals surface area (Å²) in [6.45, 7) is 5.97. The Morgan fingerprint density at radius 3 is 2.45 bits per heavy atom. The van der Waals surface area contributed by atoms with Crippen LogP contribution < -0.4 is 5.43 Å². The standard InChI is InChI=1S/C17H18N2O/c1-12-9-10-13(2)16(11-12)14(3)18-19-17(20)15-7-5-4-6-8-15/h4-11H,1-3H3,(H,19,20)/b18-14-. The molecule has 2 aromatic rings. The van der Waals surface area contributed by atoms with E-state index >= 15 is 0 Å². The Balaban J connectivity index is 2.15. The summed E-state index contributed by atoms with van der Waals surface area (Å²) in [5.74, 6) is -0.199. The fourth-order valence-corrected chi connectivity index (χ4v) is 1.97. The van der Waals surface area contributed by atoms with Gasteiger partial charge in [0, 0.05) is 11.1 Å². The molecular formula is C17H18N2O. The Bertz CT molecular complexity index is 645. The molecule has 0 unspecified atom stereocenters. The van der Waals surface area contributed by atoms with Gasteiger partial charge in [0.2, 0.25) is 0 Å². The normalized spacial score (nSPS) is 11.2. The van der Waals surface area contributed by atoms with Crippen molar-refractivity contribution in [3.8, 4) is 0 Å². The summed E-state index contributed by atoms with van der Waals surface area (Å²) in [4.78, 5) is 11.9. The van der Waals surface area contributed by atoms with Crippen molar-refractivity contribution in [3.63, 3.8) is 0 Å². The van der Waals surface area contributed by atoms with Gasteiger partial charge in [0.15, 0.2) is 0 Å². The lowest BCUT2D eigenvalue weighted by Crippen LogP contribution is -2.19. The third kappa shape index (κ3) is 3.32. The Kier molecular flexibility index (Phi) is 4.31. The largest absolute Gasteiger partial charge is 0.271 e. The van der Waals surface area contributed by atoms with Crippen LogP contribution in [-0.2, 0) is 0 Å². The van der Waals surface area contributed by atoms with Crippen LogP contribution in [0.3, 0.4) is 0 Å². The lowest BCUT2D eigenvalue weighted by atomic mass is 10.0. The van der Waals surface area contributed by atoms with Crippen molar-refractivity contribution in [2.45, 2.75) is 20.8 Å². The summed E-state index contributed by atoms with van der Waals surface area (Å²) in [6, 6.07) is 15.3. The average Bonchev–Trinajstić information content (AvgIpc) is 2.47. The number of hydrogen-bond donors (Lipinski definition) is 1. The molecule has 3 nitrogen and oxygen atoms in total. The van der Waals surface area contributed by atoms with E-state index in [0.717, 1.165) is 16.8 Å². The van der Waals surface area contributed by atoms with Crippen molar-refractivity contribution in [3.05, 3.63) is 70.8 Å². The van der Waals surface area contributed by atoms with Crippen LogP contribution in [0.4, 0.5) is 0 Å². The maximum atomic E-state index is 11.9. The van der Waals surface area contributed by atoms with Crippen LogP contribution >= 0.6 is 0 Å². The van der Waals surface area contributed by atoms with Crippen molar-refractivity contribution >= 4 is 11.6 Å². The number of aryl methyl sites for hydroxylation is 2. The third-order valence-electron chi connectivity index (χ3n) is 3.14. The van der Waals surface area contributed by atoms with Gasteiger partial charge in [-0.2, -0.15) is 5.10 Å². The summed E-state index contributed by atoms with van der Waals surface area (Å²) in [6.07, 6.45) is 0. The van der Waals surface area contributed by atoms with Gasteiger partial charge in [-0.1, -0.05) is 35.9 Å². The van der Waals surface area contributed by atoms with Gasteiger partial charge in [0.05, 0.1) is 5.71 Å². The van der Waals surface area contributed by atoms with Crippen LogP contribution in [0.1, 0.15) is 34.0 Å². The summed E-state index contributed by atoms with van der Waals surface area (Å²) >= 11 is 0. The first kappa shape index (κ1) is 14.0. The van der Waals surface area contributed by atoms with Crippen molar-refractivity contribution in [2.75, 3.05) is 0 Å². The highest BCUT2D eigenvalue weighted by Crippen LogP contribution is 2.11. The molecule has 0 heterocycles. The van der Waals surface area contributed by atoms with E-state index in [2.05, 4.69) is 28.7 Å². The number of nitrogens with zero attached hydrogens (tertiary/aromatic N) is 1. The van der Waals surface area contributed by atoms with E-state index < -0.39 is 0 Å². The molecule has 0 aliphatic heterocycles. The van der Waals surface area contributed by atoms with Gasteiger partial charge < -0.3 is 0 Å². The molecule has 0 fully saturated rings. The highest BCUT2D eigenvalue weighted by molar-refractivity contribution is 6.01. The number of amides is 1. The minimum atomic E-state index is -0.199. The second-order valence-electron chi connectivity index (χ2n) is 4.82. The quantitative estimate of drug-likeness (QED) is 0.671. The lowest BCUT2D eigenvalue weighted by molar-refractivity contribution is 0.0955. The van der Waals surface area contributed by atoms with Gasteiger partial charge in [0.25, 0.3) is 5.91 Å². The zero-order valence-corrected chi connectivity index (χ0v) is 12.0. The molecule has 20 heavy (non-hydrogen) atoms. The molecular weight excluding hydrogens is 248 g/mol. The lowest BCUT2D eigenvalue weighted by Gasteiger charge is -2.07. The van der Waals surface area contributed by atoms with E-state index in [-0.39, 0.29) is 5.91 Å². The van der Waals surface area contributed by atoms with E-state index in [1.807, 2.05) is 39.0 Å². The molecule has 0 saturated heterocycles. The Labute approximate surface area is 119 Å². The zero-order chi connectivity index (χ0) is 14.5. The zero-order valence-electron chi connectivity index (χ0n) is 12.0. The molecule has 0 aromatic heterocycles. The first-order valence-electron chi connectivity index (χ1n) is 6.55. The fourth-order valence-electron chi connectivity index (χ4n) is 1.97. The van der Waals surface area contributed by atoms with Crippen LogP contribution in [0.25, 0.3) is 0 Å². The van der Waals surface area contributed by atoms with Gasteiger partial charge in [-0.05, 0) is 44.5 Å². The SMILES string of the molecule is C/C(=N/NC(=O)c1ccccc1)c1cc(C)ccc1C. The molecule has 0 bridgehead atoms. The highest BCUT2D eigenvalue weighted by Gasteiger charge is 2.05. The van der Waals surface area contributed by atoms with Crippen LogP contribution in [-0.4, -0.2) is 11.6 Å². The predicted molar refractivity (Wildman–Crippen MR) is 82.0 cm³/mol. The van der Waals surface area contributed by atoms with Crippen molar-refractivity contribution < 1.29 is 4.79 Å². The van der Waals surface area contributed by atoms with Gasteiger partial charge in [-0.15, -0.1) is 0 Å². The Morgan fingerprint density at radius 2 is 1.75 bits per heavy atom. The molecule has 1 amide bonds. The van der Waals surface area contributed by atoms with Crippen LogP contribution in [0.15, 0.2) is 53.6 Å². The Hall–Kier alpha value is -2.42. The summed E-state index contributed by atoms with van der Waals surface area (Å²) < 4.78 is 0. The molecule has 0 spiro atoms. The number of hydrogen-bond acceptors (Lipinski definition) is 2. The second kappa shape index (κ2) is 6.15. The van der Waals surface area contributed by atoms with Gasteiger partial charge in [0.1, 0.15) is 0 Å². The predicted octanol–water partition coefficient (Wildman–Crippen LogP) is 3.46. The molecule has 1 N–H and O–H groups in total. The first-order chi connectivity index (χ1) is 9.58. The second-order valence-corrected chi connectivity index (χ2v) is 4.82.